The van der Waals surface area contributed by atoms with E-state index in [1.54, 1.807) is 0 Å². The Kier molecular flexibility index (Phi) is 6.57. The van der Waals surface area contributed by atoms with Crippen molar-refractivity contribution in [3.05, 3.63) is 4.60 Å². The minimum absolute atomic E-state index is 0.662. The van der Waals surface area contributed by atoms with Crippen LogP contribution in [0.15, 0.2) is 4.60 Å². The number of nitrogens with zero attached hydrogens (tertiary/aromatic N) is 2. The molecule has 1 heterocycles. The van der Waals surface area contributed by atoms with Gasteiger partial charge in [0, 0.05) is 0 Å². The Morgan fingerprint density at radius 2 is 1.89 bits per heavy atom. The average Bonchev–Trinajstić information content (AvgIpc) is 2.84. The second-order valence-corrected chi connectivity index (χ2v) is 6.83. The third-order valence-corrected chi connectivity index (χ3v) is 5.32. The third kappa shape index (κ3) is 5.03. The monoisotopic (exact) mass is 346 g/mol. The number of halogens is 1. The van der Waals surface area contributed by atoms with Crippen molar-refractivity contribution in [3.63, 3.8) is 0 Å². The van der Waals surface area contributed by atoms with Crippen molar-refractivity contribution in [2.75, 3.05) is 6.61 Å². The molecule has 0 aliphatic heterocycles. The molecule has 0 amide bonds. The predicted octanol–water partition coefficient (Wildman–Crippen LogP) is 5.07. The number of ether oxygens (including phenoxy) is 1. The van der Waals surface area contributed by atoms with Gasteiger partial charge in [-0.15, -0.1) is 4.37 Å². The zero-order chi connectivity index (χ0) is 13.5. The first-order chi connectivity index (χ1) is 9.29. The number of aromatic nitrogens is 2. The zero-order valence-electron chi connectivity index (χ0n) is 11.6. The van der Waals surface area contributed by atoms with Crippen LogP contribution in [0, 0.1) is 11.8 Å². The highest BCUT2D eigenvalue weighted by Crippen LogP contribution is 2.32. The third-order valence-electron chi connectivity index (χ3n) is 4.06. The Bertz CT molecular complexity index is 364. The largest absolute Gasteiger partial charge is 0.475 e. The van der Waals surface area contributed by atoms with E-state index < -0.39 is 0 Å². The van der Waals surface area contributed by atoms with E-state index in [0.29, 0.717) is 11.8 Å². The van der Waals surface area contributed by atoms with Gasteiger partial charge in [0.2, 0.25) is 0 Å². The van der Waals surface area contributed by atoms with Crippen LogP contribution in [0.5, 0.6) is 5.88 Å². The van der Waals surface area contributed by atoms with Crippen LogP contribution in [-0.4, -0.2) is 15.4 Å². The lowest BCUT2D eigenvalue weighted by Crippen LogP contribution is -2.20. The zero-order valence-corrected chi connectivity index (χ0v) is 14.0. The van der Waals surface area contributed by atoms with Crippen LogP contribution in [0.2, 0.25) is 0 Å². The molecule has 1 aromatic rings. The molecule has 0 aromatic carbocycles. The molecule has 19 heavy (non-hydrogen) atoms. The number of hydrogen-bond donors (Lipinski definition) is 0. The fourth-order valence-corrected chi connectivity index (χ4v) is 3.74. The van der Waals surface area contributed by atoms with Crippen molar-refractivity contribution < 1.29 is 4.74 Å². The van der Waals surface area contributed by atoms with Crippen molar-refractivity contribution in [3.8, 4) is 5.88 Å². The Labute approximate surface area is 128 Å². The Morgan fingerprint density at radius 3 is 2.53 bits per heavy atom. The van der Waals surface area contributed by atoms with Gasteiger partial charge in [0.05, 0.1) is 18.3 Å². The van der Waals surface area contributed by atoms with E-state index in [1.807, 2.05) is 0 Å². The first-order valence-corrected chi connectivity index (χ1v) is 8.92. The van der Waals surface area contributed by atoms with Gasteiger partial charge < -0.3 is 4.74 Å². The molecule has 0 spiro atoms. The Hall–Kier alpha value is -0.160. The minimum atomic E-state index is 0.662. The van der Waals surface area contributed by atoms with Gasteiger partial charge in [0.25, 0.3) is 5.88 Å². The van der Waals surface area contributed by atoms with E-state index in [-0.39, 0.29) is 0 Å². The van der Waals surface area contributed by atoms with Crippen molar-refractivity contribution in [2.24, 2.45) is 11.8 Å². The molecule has 3 nitrogen and oxygen atoms in total. The molecule has 0 radical (unpaired) electrons. The summed E-state index contributed by atoms with van der Waals surface area (Å²) in [5.41, 5.74) is 0. The summed E-state index contributed by atoms with van der Waals surface area (Å²) in [6.45, 7) is 3.07. The molecule has 0 unspecified atom stereocenters. The second-order valence-electron chi connectivity index (χ2n) is 5.55. The summed E-state index contributed by atoms with van der Waals surface area (Å²) in [7, 11) is 0. The molecular weight excluding hydrogens is 324 g/mol. The molecule has 5 heteroatoms. The van der Waals surface area contributed by atoms with E-state index in [0.717, 1.165) is 17.1 Å². The Morgan fingerprint density at radius 1 is 1.16 bits per heavy atom. The fourth-order valence-electron chi connectivity index (χ4n) is 2.82. The van der Waals surface area contributed by atoms with Crippen LogP contribution in [0.3, 0.4) is 0 Å². The summed E-state index contributed by atoms with van der Waals surface area (Å²) >= 11 is 4.54. The molecule has 0 atom stereocenters. The van der Waals surface area contributed by atoms with Crippen molar-refractivity contribution in [2.45, 2.75) is 58.3 Å². The van der Waals surface area contributed by atoms with Gasteiger partial charge in [-0.3, -0.25) is 0 Å². The second kappa shape index (κ2) is 8.20. The van der Waals surface area contributed by atoms with Crippen molar-refractivity contribution >= 4 is 27.7 Å². The summed E-state index contributed by atoms with van der Waals surface area (Å²) < 4.78 is 14.7. The highest BCUT2D eigenvalue weighted by Gasteiger charge is 2.21. The van der Waals surface area contributed by atoms with E-state index in [9.17, 15) is 0 Å². The molecule has 2 rings (SSSR count). The Balaban J connectivity index is 1.62. The first kappa shape index (κ1) is 15.2. The summed E-state index contributed by atoms with van der Waals surface area (Å²) in [6, 6.07) is 0. The quantitative estimate of drug-likeness (QED) is 0.646. The molecule has 1 aromatic heterocycles. The average molecular weight is 347 g/mol. The van der Waals surface area contributed by atoms with Crippen molar-refractivity contribution in [1.82, 2.24) is 8.75 Å². The molecule has 1 fully saturated rings. The number of unbranched alkanes of at least 4 members (excludes halogenated alkanes) is 2. The smallest absolute Gasteiger partial charge is 0.260 e. The first-order valence-electron chi connectivity index (χ1n) is 7.40. The molecular formula is C14H23BrN2OS. The van der Waals surface area contributed by atoms with Crippen LogP contribution < -0.4 is 4.74 Å². The van der Waals surface area contributed by atoms with Gasteiger partial charge in [0.1, 0.15) is 0 Å². The maximum Gasteiger partial charge on any atom is 0.260 e. The minimum Gasteiger partial charge on any atom is -0.475 e. The molecule has 1 aliphatic carbocycles. The van der Waals surface area contributed by atoms with Crippen LogP contribution in [0.1, 0.15) is 58.3 Å². The number of hydrogen-bond acceptors (Lipinski definition) is 4. The van der Waals surface area contributed by atoms with Crippen molar-refractivity contribution in [1.29, 1.82) is 0 Å². The van der Waals surface area contributed by atoms with Gasteiger partial charge in [-0.25, -0.2) is 0 Å². The number of rotatable bonds is 7. The normalized spacial score (nSPS) is 23.5. The maximum atomic E-state index is 5.74. The molecule has 1 saturated carbocycles. The molecule has 108 valence electrons. The van der Waals surface area contributed by atoms with E-state index in [1.165, 1.54) is 63.1 Å². The summed E-state index contributed by atoms with van der Waals surface area (Å²) in [6.07, 6.45) is 11.0. The lowest BCUT2D eigenvalue weighted by atomic mass is 9.80. The summed E-state index contributed by atoms with van der Waals surface area (Å²) in [5.74, 6) is 2.33. The summed E-state index contributed by atoms with van der Waals surface area (Å²) in [4.78, 5) is 0. The van der Waals surface area contributed by atoms with E-state index >= 15 is 0 Å². The van der Waals surface area contributed by atoms with Crippen LogP contribution >= 0.6 is 27.7 Å². The topological polar surface area (TPSA) is 35.0 Å². The maximum absolute atomic E-state index is 5.74. The molecule has 1 aliphatic rings. The molecule has 0 bridgehead atoms. The van der Waals surface area contributed by atoms with E-state index in [4.69, 9.17) is 4.74 Å². The van der Waals surface area contributed by atoms with Crippen LogP contribution in [0.25, 0.3) is 0 Å². The fraction of sp³-hybridized carbons (Fsp3) is 0.857. The van der Waals surface area contributed by atoms with Crippen LogP contribution in [0.4, 0.5) is 0 Å². The summed E-state index contributed by atoms with van der Waals surface area (Å²) in [5, 5.41) is 0. The van der Waals surface area contributed by atoms with Gasteiger partial charge in [-0.2, -0.15) is 4.37 Å². The highest BCUT2D eigenvalue weighted by molar-refractivity contribution is 9.10. The van der Waals surface area contributed by atoms with Gasteiger partial charge >= 0.3 is 0 Å². The predicted molar refractivity (Wildman–Crippen MR) is 82.7 cm³/mol. The van der Waals surface area contributed by atoms with Crippen LogP contribution in [-0.2, 0) is 0 Å². The standard InChI is InChI=1S/C14H23BrN2OS/c1-2-3-4-5-11-6-8-12(9-7-11)10-18-14-13(15)16-19-17-14/h11-12H,2-10H2,1H3. The van der Waals surface area contributed by atoms with Gasteiger partial charge in [0.15, 0.2) is 4.60 Å². The SMILES string of the molecule is CCCCCC1CCC(COc2nsnc2Br)CC1. The molecule has 0 saturated heterocycles. The lowest BCUT2D eigenvalue weighted by molar-refractivity contribution is 0.174. The molecule has 0 N–H and O–H groups in total. The lowest BCUT2D eigenvalue weighted by Gasteiger charge is -2.28. The highest BCUT2D eigenvalue weighted by atomic mass is 79.9. The van der Waals surface area contributed by atoms with E-state index in [2.05, 4.69) is 31.6 Å². The van der Waals surface area contributed by atoms with Gasteiger partial charge in [-0.1, -0.05) is 45.4 Å². The van der Waals surface area contributed by atoms with Gasteiger partial charge in [-0.05, 0) is 40.6 Å².